The molecule has 0 spiro atoms. The summed E-state index contributed by atoms with van der Waals surface area (Å²) >= 11 is 8.27. The van der Waals surface area contributed by atoms with Gasteiger partial charge in [0.1, 0.15) is 18.7 Å². The second-order valence-corrected chi connectivity index (χ2v) is 8.45. The maximum Gasteiger partial charge on any atom is 0.324 e. The first-order valence-electron chi connectivity index (χ1n) is 6.40. The van der Waals surface area contributed by atoms with Gasteiger partial charge in [0, 0.05) is 6.42 Å². The van der Waals surface area contributed by atoms with Crippen molar-refractivity contribution in [2.75, 3.05) is 12.3 Å². The predicted molar refractivity (Wildman–Crippen MR) is 83.3 cm³/mol. The minimum atomic E-state index is -3.16. The third-order valence-corrected chi connectivity index (χ3v) is 5.75. The van der Waals surface area contributed by atoms with E-state index in [9.17, 15) is 4.89 Å². The molecule has 0 saturated carbocycles. The Morgan fingerprint density at radius 1 is 1.45 bits per heavy atom. The Morgan fingerprint density at radius 2 is 2.27 bits per heavy atom. The lowest BCUT2D eigenvalue weighted by Crippen LogP contribution is -2.32. The summed E-state index contributed by atoms with van der Waals surface area (Å²) in [6.45, 7) is -2.95. The van der Waals surface area contributed by atoms with E-state index in [4.69, 9.17) is 31.3 Å². The summed E-state index contributed by atoms with van der Waals surface area (Å²) in [4.78, 5) is 22.2. The lowest BCUT2D eigenvalue weighted by Gasteiger charge is -2.29. The molecule has 12 heteroatoms. The van der Waals surface area contributed by atoms with Crippen molar-refractivity contribution < 1.29 is 18.7 Å². The van der Waals surface area contributed by atoms with E-state index in [1.54, 1.807) is 4.57 Å². The number of hydrogen-bond acceptors (Lipinski definition) is 8. The summed E-state index contributed by atoms with van der Waals surface area (Å²) in [5, 5.41) is 0. The molecule has 9 nitrogen and oxygen atoms in total. The summed E-state index contributed by atoms with van der Waals surface area (Å²) < 4.78 is 18.8. The topological polar surface area (TPSA) is 118 Å². The lowest BCUT2D eigenvalue weighted by molar-refractivity contribution is -0.0583. The van der Waals surface area contributed by atoms with Crippen molar-refractivity contribution in [1.29, 1.82) is 0 Å². The van der Waals surface area contributed by atoms with Crippen LogP contribution in [0.1, 0.15) is 12.6 Å². The van der Waals surface area contributed by atoms with E-state index in [0.717, 1.165) is 0 Å². The standard InChI is InChI=1S/C10H11BrN5O4PS/c11-10-15-7-8(12)13-3-14-9(7)16(10)6-1-4-5(19-6)2-18-21(17,22)20-4/h3-6H,1-2H2,(H,17,22)(H2,12,13,14)/t4-,5+,6+,21?/m0/s1. The SMILES string of the molecule is Nc1ncnc2c1nc(Br)n2[C@H]1C[C@@H]2OP(O)(=S)OC[C@H]2O1. The fourth-order valence-corrected chi connectivity index (χ4v) is 4.69. The molecular weight excluding hydrogens is 397 g/mol. The largest absolute Gasteiger partial charge is 0.382 e. The lowest BCUT2D eigenvalue weighted by atomic mass is 10.2. The molecule has 2 aliphatic rings. The van der Waals surface area contributed by atoms with E-state index in [-0.39, 0.29) is 25.0 Å². The van der Waals surface area contributed by atoms with Crippen LogP contribution in [0.4, 0.5) is 5.82 Å². The third kappa shape index (κ3) is 2.37. The van der Waals surface area contributed by atoms with Crippen LogP contribution >= 0.6 is 22.6 Å². The summed E-state index contributed by atoms with van der Waals surface area (Å²) in [5.74, 6) is 0.297. The van der Waals surface area contributed by atoms with Crippen LogP contribution in [-0.4, -0.2) is 43.2 Å². The van der Waals surface area contributed by atoms with E-state index in [1.807, 2.05) is 0 Å². The molecule has 0 aromatic carbocycles. The zero-order valence-electron chi connectivity index (χ0n) is 11.0. The Labute approximate surface area is 138 Å². The summed E-state index contributed by atoms with van der Waals surface area (Å²) in [6.07, 6.45) is 0.883. The molecule has 2 aliphatic heterocycles. The molecule has 0 radical (unpaired) electrons. The molecule has 118 valence electrons. The Kier molecular flexibility index (Phi) is 3.49. The number of nitrogens with zero attached hydrogens (tertiary/aromatic N) is 4. The molecule has 2 saturated heterocycles. The van der Waals surface area contributed by atoms with Gasteiger partial charge in [-0.25, -0.2) is 15.0 Å². The van der Waals surface area contributed by atoms with Gasteiger partial charge in [-0.3, -0.25) is 4.57 Å². The van der Waals surface area contributed by atoms with Crippen molar-refractivity contribution in [2.24, 2.45) is 0 Å². The van der Waals surface area contributed by atoms with E-state index in [1.165, 1.54) is 6.33 Å². The Balaban J connectivity index is 1.71. The normalized spacial score (nSPS) is 34.9. The fourth-order valence-electron chi connectivity index (χ4n) is 2.64. The summed E-state index contributed by atoms with van der Waals surface area (Å²) in [5.41, 5.74) is 6.87. The molecular formula is C10H11BrN5O4PS. The van der Waals surface area contributed by atoms with Gasteiger partial charge in [0.2, 0.25) is 0 Å². The number of rotatable bonds is 1. The van der Waals surface area contributed by atoms with Gasteiger partial charge in [-0.1, -0.05) is 0 Å². The molecule has 4 atom stereocenters. The van der Waals surface area contributed by atoms with Gasteiger partial charge < -0.3 is 24.4 Å². The molecule has 22 heavy (non-hydrogen) atoms. The van der Waals surface area contributed by atoms with Gasteiger partial charge in [-0.15, -0.1) is 0 Å². The van der Waals surface area contributed by atoms with Gasteiger partial charge >= 0.3 is 6.72 Å². The van der Waals surface area contributed by atoms with E-state index >= 15 is 0 Å². The Morgan fingerprint density at radius 3 is 3.09 bits per heavy atom. The van der Waals surface area contributed by atoms with Gasteiger partial charge in [-0.05, 0) is 27.7 Å². The van der Waals surface area contributed by atoms with Crippen LogP contribution in [0.25, 0.3) is 11.2 Å². The number of aromatic nitrogens is 4. The minimum absolute atomic E-state index is 0.205. The van der Waals surface area contributed by atoms with Crippen molar-refractivity contribution in [3.63, 3.8) is 0 Å². The van der Waals surface area contributed by atoms with E-state index < -0.39 is 6.72 Å². The number of nitrogen functional groups attached to an aromatic ring is 1. The number of hydrogen-bond donors (Lipinski definition) is 2. The van der Waals surface area contributed by atoms with E-state index in [0.29, 0.717) is 28.1 Å². The monoisotopic (exact) mass is 407 g/mol. The number of imidazole rings is 1. The zero-order valence-corrected chi connectivity index (χ0v) is 14.3. The maximum absolute atomic E-state index is 9.76. The first-order valence-corrected chi connectivity index (χ1v) is 9.78. The molecule has 2 fully saturated rings. The van der Waals surface area contributed by atoms with Crippen molar-refractivity contribution in [1.82, 2.24) is 19.5 Å². The number of ether oxygens (including phenoxy) is 1. The number of fused-ring (bicyclic) bond motifs is 2. The van der Waals surface area contributed by atoms with Crippen molar-refractivity contribution in [3.8, 4) is 0 Å². The van der Waals surface area contributed by atoms with Crippen LogP contribution in [0.5, 0.6) is 0 Å². The smallest absolute Gasteiger partial charge is 0.324 e. The molecule has 2 aromatic heterocycles. The Bertz CT molecular complexity index is 803. The van der Waals surface area contributed by atoms with Crippen molar-refractivity contribution in [2.45, 2.75) is 24.9 Å². The molecule has 0 amide bonds. The molecule has 4 heterocycles. The average molecular weight is 408 g/mol. The number of halogens is 1. The number of anilines is 1. The highest BCUT2D eigenvalue weighted by Crippen LogP contribution is 2.53. The zero-order chi connectivity index (χ0) is 15.5. The van der Waals surface area contributed by atoms with Crippen LogP contribution in [0, 0.1) is 0 Å². The third-order valence-electron chi connectivity index (χ3n) is 3.60. The van der Waals surface area contributed by atoms with Crippen LogP contribution in [-0.2, 0) is 25.6 Å². The highest BCUT2D eigenvalue weighted by Gasteiger charge is 2.45. The fraction of sp³-hybridized carbons (Fsp3) is 0.500. The van der Waals surface area contributed by atoms with Crippen molar-refractivity contribution in [3.05, 3.63) is 11.1 Å². The van der Waals surface area contributed by atoms with Crippen LogP contribution in [0.2, 0.25) is 0 Å². The molecule has 3 N–H and O–H groups in total. The van der Waals surface area contributed by atoms with Crippen LogP contribution in [0.3, 0.4) is 0 Å². The highest BCUT2D eigenvalue weighted by atomic mass is 79.9. The van der Waals surface area contributed by atoms with Crippen LogP contribution in [0.15, 0.2) is 11.1 Å². The van der Waals surface area contributed by atoms with E-state index in [2.05, 4.69) is 30.9 Å². The molecule has 0 bridgehead atoms. The van der Waals surface area contributed by atoms with Gasteiger partial charge in [0.05, 0.1) is 12.7 Å². The molecule has 2 aromatic rings. The van der Waals surface area contributed by atoms with Gasteiger partial charge in [-0.2, -0.15) is 0 Å². The summed E-state index contributed by atoms with van der Waals surface area (Å²) in [7, 11) is 0. The average Bonchev–Trinajstić information content (AvgIpc) is 2.98. The first-order chi connectivity index (χ1) is 10.4. The van der Waals surface area contributed by atoms with Crippen LogP contribution < -0.4 is 5.73 Å². The van der Waals surface area contributed by atoms with Crippen molar-refractivity contribution >= 4 is 51.4 Å². The first kappa shape index (κ1) is 14.9. The second-order valence-electron chi connectivity index (χ2n) is 4.96. The quantitative estimate of drug-likeness (QED) is 0.528. The molecule has 0 aliphatic carbocycles. The molecule has 4 rings (SSSR count). The second kappa shape index (κ2) is 5.17. The highest BCUT2D eigenvalue weighted by molar-refractivity contribution is 9.10. The summed E-state index contributed by atoms with van der Waals surface area (Å²) in [6, 6.07) is 0. The Hall–Kier alpha value is -0.680. The van der Waals surface area contributed by atoms with Gasteiger partial charge in [0.25, 0.3) is 0 Å². The number of nitrogens with two attached hydrogens (primary N) is 1. The minimum Gasteiger partial charge on any atom is -0.382 e. The predicted octanol–water partition coefficient (Wildman–Crippen LogP) is 1.09. The van der Waals surface area contributed by atoms with Gasteiger partial charge in [0.15, 0.2) is 21.7 Å². The molecule has 1 unspecified atom stereocenters. The maximum atomic E-state index is 9.76.